The van der Waals surface area contributed by atoms with Crippen LogP contribution in [0.3, 0.4) is 0 Å². The predicted octanol–water partition coefficient (Wildman–Crippen LogP) is 1.92. The van der Waals surface area contributed by atoms with Crippen LogP contribution >= 0.6 is 0 Å². The van der Waals surface area contributed by atoms with Crippen LogP contribution in [0.15, 0.2) is 18.2 Å². The zero-order chi connectivity index (χ0) is 11.8. The Hall–Kier alpha value is -1.00. The van der Waals surface area contributed by atoms with E-state index in [0.29, 0.717) is 25.1 Å². The number of benzene rings is 1. The zero-order valence-corrected chi connectivity index (χ0v) is 9.21. The third-order valence-corrected chi connectivity index (χ3v) is 2.86. The molecular formula is C12H15F2NO. The second-order valence-electron chi connectivity index (χ2n) is 4.74. The number of nitrogens with zero attached hydrogens (tertiary/aromatic N) is 1. The highest BCUT2D eigenvalue weighted by Gasteiger charge is 2.31. The van der Waals surface area contributed by atoms with Crippen molar-refractivity contribution in [3.05, 3.63) is 35.4 Å². The Labute approximate surface area is 93.5 Å². The largest absolute Gasteiger partial charge is 0.389 e. The van der Waals surface area contributed by atoms with Crippen molar-refractivity contribution >= 4 is 0 Å². The van der Waals surface area contributed by atoms with Crippen LogP contribution in [0.4, 0.5) is 8.78 Å². The van der Waals surface area contributed by atoms with Gasteiger partial charge in [-0.25, -0.2) is 8.78 Å². The lowest BCUT2D eigenvalue weighted by Gasteiger charge is -2.18. The van der Waals surface area contributed by atoms with Crippen molar-refractivity contribution in [1.82, 2.24) is 4.90 Å². The van der Waals surface area contributed by atoms with Gasteiger partial charge in [-0.2, -0.15) is 0 Å². The van der Waals surface area contributed by atoms with E-state index in [1.54, 1.807) is 6.92 Å². The Kier molecular flexibility index (Phi) is 2.95. The molecule has 2 nitrogen and oxygen atoms in total. The summed E-state index contributed by atoms with van der Waals surface area (Å²) in [6.45, 7) is 3.56. The quantitative estimate of drug-likeness (QED) is 0.834. The summed E-state index contributed by atoms with van der Waals surface area (Å²) >= 11 is 0. The number of rotatable bonds is 2. The molecule has 0 radical (unpaired) electrons. The first-order valence-electron chi connectivity index (χ1n) is 5.34. The van der Waals surface area contributed by atoms with Gasteiger partial charge in [-0.3, -0.25) is 4.90 Å². The highest BCUT2D eigenvalue weighted by atomic mass is 19.1. The third kappa shape index (κ3) is 2.77. The van der Waals surface area contributed by atoms with Gasteiger partial charge in [0.05, 0.1) is 5.60 Å². The zero-order valence-electron chi connectivity index (χ0n) is 9.21. The minimum Gasteiger partial charge on any atom is -0.389 e. The van der Waals surface area contributed by atoms with Crippen molar-refractivity contribution in [3.63, 3.8) is 0 Å². The van der Waals surface area contributed by atoms with Crippen molar-refractivity contribution in [3.8, 4) is 0 Å². The van der Waals surface area contributed by atoms with Crippen LogP contribution in [0, 0.1) is 11.6 Å². The fourth-order valence-electron chi connectivity index (χ4n) is 2.13. The van der Waals surface area contributed by atoms with Crippen LogP contribution < -0.4 is 0 Å². The van der Waals surface area contributed by atoms with E-state index in [2.05, 4.69) is 0 Å². The van der Waals surface area contributed by atoms with Gasteiger partial charge in [-0.1, -0.05) is 0 Å². The molecule has 1 N–H and O–H groups in total. The molecule has 0 bridgehead atoms. The Balaban J connectivity index is 2.05. The van der Waals surface area contributed by atoms with E-state index >= 15 is 0 Å². The van der Waals surface area contributed by atoms with Gasteiger partial charge in [-0.05, 0) is 31.0 Å². The fourth-order valence-corrected chi connectivity index (χ4v) is 2.13. The molecule has 4 heteroatoms. The van der Waals surface area contributed by atoms with Crippen LogP contribution in [0.1, 0.15) is 18.9 Å². The third-order valence-electron chi connectivity index (χ3n) is 2.86. The minimum absolute atomic E-state index is 0.477. The Morgan fingerprint density at radius 2 is 1.94 bits per heavy atom. The fraction of sp³-hybridized carbons (Fsp3) is 0.500. The van der Waals surface area contributed by atoms with Crippen LogP contribution in [0.5, 0.6) is 0 Å². The van der Waals surface area contributed by atoms with Crippen molar-refractivity contribution < 1.29 is 13.9 Å². The van der Waals surface area contributed by atoms with Crippen LogP contribution in [-0.4, -0.2) is 28.7 Å². The highest BCUT2D eigenvalue weighted by molar-refractivity contribution is 5.18. The van der Waals surface area contributed by atoms with Crippen LogP contribution in [-0.2, 0) is 6.54 Å². The maximum atomic E-state index is 12.9. The summed E-state index contributed by atoms with van der Waals surface area (Å²) < 4.78 is 25.9. The molecule has 1 aromatic rings. The molecule has 2 rings (SSSR count). The van der Waals surface area contributed by atoms with E-state index in [1.807, 2.05) is 4.90 Å². The van der Waals surface area contributed by atoms with Crippen LogP contribution in [0.25, 0.3) is 0 Å². The van der Waals surface area contributed by atoms with E-state index in [9.17, 15) is 13.9 Å². The molecule has 0 spiro atoms. The summed E-state index contributed by atoms with van der Waals surface area (Å²) in [6.07, 6.45) is 0.699. The lowest BCUT2D eigenvalue weighted by atomic mass is 10.1. The molecule has 1 aromatic carbocycles. The van der Waals surface area contributed by atoms with E-state index in [1.165, 1.54) is 12.1 Å². The number of halogens is 2. The number of hydrogen-bond acceptors (Lipinski definition) is 2. The van der Waals surface area contributed by atoms with Gasteiger partial charge in [0.2, 0.25) is 0 Å². The topological polar surface area (TPSA) is 23.5 Å². The van der Waals surface area contributed by atoms with Gasteiger partial charge >= 0.3 is 0 Å². The van der Waals surface area contributed by atoms with E-state index in [0.717, 1.165) is 12.6 Å². The molecular weight excluding hydrogens is 212 g/mol. The van der Waals surface area contributed by atoms with Gasteiger partial charge in [0.1, 0.15) is 11.6 Å². The maximum Gasteiger partial charge on any atom is 0.126 e. The van der Waals surface area contributed by atoms with E-state index in [4.69, 9.17) is 0 Å². The Morgan fingerprint density at radius 3 is 2.44 bits per heavy atom. The molecule has 1 saturated heterocycles. The molecule has 1 aliphatic heterocycles. The standard InChI is InChI=1S/C12H15F2NO/c1-12(16)2-3-15(8-12)7-9-4-10(13)6-11(14)5-9/h4-6,16H,2-3,7-8H2,1H3. The van der Waals surface area contributed by atoms with Crippen molar-refractivity contribution in [1.29, 1.82) is 0 Å². The Morgan fingerprint density at radius 1 is 1.31 bits per heavy atom. The number of β-amino-alcohol motifs (C(OH)–C–C–N with tert-alkyl or cyclic N) is 1. The first-order valence-corrected chi connectivity index (χ1v) is 5.34. The number of aliphatic hydroxyl groups is 1. The second-order valence-corrected chi connectivity index (χ2v) is 4.74. The average molecular weight is 227 g/mol. The highest BCUT2D eigenvalue weighted by Crippen LogP contribution is 2.22. The van der Waals surface area contributed by atoms with Crippen molar-refractivity contribution in [2.75, 3.05) is 13.1 Å². The molecule has 1 fully saturated rings. The summed E-state index contributed by atoms with van der Waals surface area (Å²) in [5.41, 5.74) is -0.0681. The maximum absolute atomic E-state index is 12.9. The molecule has 0 aliphatic carbocycles. The summed E-state index contributed by atoms with van der Waals surface area (Å²) in [4.78, 5) is 1.99. The lowest BCUT2D eigenvalue weighted by molar-refractivity contribution is 0.0679. The number of likely N-dealkylation sites (tertiary alicyclic amines) is 1. The Bertz CT molecular complexity index is 372. The smallest absolute Gasteiger partial charge is 0.126 e. The normalized spacial score (nSPS) is 26.2. The molecule has 1 atom stereocenters. The minimum atomic E-state index is -0.675. The summed E-state index contributed by atoms with van der Waals surface area (Å²) in [5.74, 6) is -1.11. The first-order chi connectivity index (χ1) is 7.44. The molecule has 16 heavy (non-hydrogen) atoms. The average Bonchev–Trinajstić information content (AvgIpc) is 2.43. The van der Waals surface area contributed by atoms with Crippen molar-refractivity contribution in [2.45, 2.75) is 25.5 Å². The van der Waals surface area contributed by atoms with Crippen molar-refractivity contribution in [2.24, 2.45) is 0 Å². The summed E-state index contributed by atoms with van der Waals surface area (Å²) in [5, 5.41) is 9.76. The first kappa shape index (κ1) is 11.5. The molecule has 1 heterocycles. The predicted molar refractivity (Wildman–Crippen MR) is 56.9 cm³/mol. The van der Waals surface area contributed by atoms with Gasteiger partial charge in [0.15, 0.2) is 0 Å². The SMILES string of the molecule is CC1(O)CCN(Cc2cc(F)cc(F)c2)C1. The monoisotopic (exact) mass is 227 g/mol. The number of hydrogen-bond donors (Lipinski definition) is 1. The van der Waals surface area contributed by atoms with Gasteiger partial charge in [-0.15, -0.1) is 0 Å². The lowest BCUT2D eigenvalue weighted by Crippen LogP contribution is -2.29. The van der Waals surface area contributed by atoms with Gasteiger partial charge in [0, 0.05) is 25.7 Å². The molecule has 0 aromatic heterocycles. The molecule has 0 saturated carbocycles. The second kappa shape index (κ2) is 4.11. The van der Waals surface area contributed by atoms with Crippen LogP contribution in [0.2, 0.25) is 0 Å². The summed E-state index contributed by atoms with van der Waals surface area (Å²) in [6, 6.07) is 3.52. The summed E-state index contributed by atoms with van der Waals surface area (Å²) in [7, 11) is 0. The molecule has 1 unspecified atom stereocenters. The van der Waals surface area contributed by atoms with E-state index < -0.39 is 17.2 Å². The van der Waals surface area contributed by atoms with E-state index in [-0.39, 0.29) is 0 Å². The molecule has 1 aliphatic rings. The molecule has 0 amide bonds. The molecule has 88 valence electrons. The van der Waals surface area contributed by atoms with Gasteiger partial charge in [0.25, 0.3) is 0 Å². The van der Waals surface area contributed by atoms with Gasteiger partial charge < -0.3 is 5.11 Å².